The third-order valence-electron chi connectivity index (χ3n) is 4.32. The molecular weight excluding hydrogens is 274 g/mol. The molecule has 0 radical (unpaired) electrons. The normalized spacial score (nSPS) is 17.0. The van der Waals surface area contributed by atoms with E-state index in [2.05, 4.69) is 53.1 Å². The van der Waals surface area contributed by atoms with Gasteiger partial charge in [-0.15, -0.1) is 0 Å². The van der Waals surface area contributed by atoms with Gasteiger partial charge in [-0.1, -0.05) is 35.8 Å². The van der Waals surface area contributed by atoms with Gasteiger partial charge in [-0.3, -0.25) is 4.90 Å². The Labute approximate surface area is 132 Å². The van der Waals surface area contributed by atoms with Crippen LogP contribution >= 0.6 is 0 Å². The molecule has 0 N–H and O–H groups in total. The molecule has 118 valence electrons. The lowest BCUT2D eigenvalue weighted by Gasteiger charge is -2.34. The van der Waals surface area contributed by atoms with Crippen molar-refractivity contribution >= 4 is 0 Å². The highest BCUT2D eigenvalue weighted by molar-refractivity contribution is 5.61. The summed E-state index contributed by atoms with van der Waals surface area (Å²) in [6, 6.07) is 8.42. The topological polar surface area (TPSA) is 32.5 Å². The minimum Gasteiger partial charge on any atom is -0.356 e. The van der Waals surface area contributed by atoms with E-state index in [0.717, 1.165) is 31.0 Å². The lowest BCUT2D eigenvalue weighted by atomic mass is 10.1. The maximum atomic E-state index is 5.52. The van der Waals surface area contributed by atoms with E-state index in [1.165, 1.54) is 37.2 Å². The van der Waals surface area contributed by atoms with Crippen molar-refractivity contribution in [3.63, 3.8) is 0 Å². The molecule has 4 heteroatoms. The Balaban J connectivity index is 1.66. The monoisotopic (exact) mass is 299 g/mol. The van der Waals surface area contributed by atoms with E-state index in [0.29, 0.717) is 0 Å². The molecule has 0 unspecified atom stereocenters. The number of hydrogen-bond donors (Lipinski definition) is 0. The molecule has 2 heterocycles. The molecular formula is C18H25N3O. The van der Waals surface area contributed by atoms with Crippen LogP contribution in [0.25, 0.3) is 11.3 Å². The molecule has 1 fully saturated rings. The van der Waals surface area contributed by atoms with Crippen molar-refractivity contribution in [2.24, 2.45) is 0 Å². The molecule has 0 atom stereocenters. The van der Waals surface area contributed by atoms with Gasteiger partial charge >= 0.3 is 0 Å². The molecule has 2 aromatic rings. The fraction of sp³-hybridized carbons (Fsp3) is 0.500. The smallest absolute Gasteiger partial charge is 0.171 e. The third kappa shape index (κ3) is 3.57. The van der Waals surface area contributed by atoms with Gasteiger partial charge in [0, 0.05) is 43.9 Å². The molecule has 3 rings (SSSR count). The Morgan fingerprint density at radius 2 is 1.91 bits per heavy atom. The zero-order valence-corrected chi connectivity index (χ0v) is 13.6. The first-order valence-electron chi connectivity index (χ1n) is 8.21. The Morgan fingerprint density at radius 3 is 2.64 bits per heavy atom. The van der Waals surface area contributed by atoms with E-state index in [-0.39, 0.29) is 0 Å². The van der Waals surface area contributed by atoms with Crippen LogP contribution < -0.4 is 0 Å². The maximum Gasteiger partial charge on any atom is 0.171 e. The number of nitrogens with zero attached hydrogens (tertiary/aromatic N) is 3. The van der Waals surface area contributed by atoms with Crippen molar-refractivity contribution < 1.29 is 4.52 Å². The van der Waals surface area contributed by atoms with Crippen LogP contribution in [0.1, 0.15) is 24.5 Å². The molecule has 1 saturated heterocycles. The van der Waals surface area contributed by atoms with Crippen molar-refractivity contribution in [3.05, 3.63) is 41.6 Å². The van der Waals surface area contributed by atoms with Gasteiger partial charge in [-0.25, -0.2) is 0 Å². The second kappa shape index (κ2) is 7.07. The molecule has 0 aliphatic carbocycles. The molecule has 4 nitrogen and oxygen atoms in total. The molecule has 1 aliphatic heterocycles. The van der Waals surface area contributed by atoms with E-state index < -0.39 is 0 Å². The Kier molecular flexibility index (Phi) is 4.90. The number of rotatable bonds is 5. The predicted octanol–water partition coefficient (Wildman–Crippen LogP) is 3.18. The van der Waals surface area contributed by atoms with E-state index in [1.807, 2.05) is 6.20 Å². The third-order valence-corrected chi connectivity index (χ3v) is 4.32. The average Bonchev–Trinajstić information content (AvgIpc) is 2.98. The van der Waals surface area contributed by atoms with Crippen LogP contribution in [0.4, 0.5) is 0 Å². The summed E-state index contributed by atoms with van der Waals surface area (Å²) in [5, 5.41) is 4.03. The van der Waals surface area contributed by atoms with Gasteiger partial charge in [-0.05, 0) is 26.0 Å². The molecule has 0 saturated carbocycles. The molecule has 1 aliphatic rings. The number of benzene rings is 1. The standard InChI is InChI=1S/C18H25N3O/c1-3-7-20-8-10-21(11-9-20)14-17-13-19-22-18(17)16-6-4-5-15(2)12-16/h4-6,12-13H,3,7-11,14H2,1-2H3. The molecule has 0 spiro atoms. The number of aryl methyl sites for hydroxylation is 1. The molecule has 0 bridgehead atoms. The van der Waals surface area contributed by atoms with Crippen LogP contribution in [-0.2, 0) is 6.54 Å². The summed E-state index contributed by atoms with van der Waals surface area (Å²) in [5.41, 5.74) is 3.56. The lowest BCUT2D eigenvalue weighted by Crippen LogP contribution is -2.45. The summed E-state index contributed by atoms with van der Waals surface area (Å²) in [6.45, 7) is 11.1. The Hall–Kier alpha value is -1.65. The van der Waals surface area contributed by atoms with Gasteiger partial charge in [0.1, 0.15) is 0 Å². The first kappa shape index (κ1) is 15.3. The van der Waals surface area contributed by atoms with Gasteiger partial charge in [0.05, 0.1) is 6.20 Å². The fourth-order valence-electron chi connectivity index (χ4n) is 3.13. The van der Waals surface area contributed by atoms with Crippen molar-refractivity contribution in [1.82, 2.24) is 15.0 Å². The summed E-state index contributed by atoms with van der Waals surface area (Å²) in [7, 11) is 0. The predicted molar refractivity (Wildman–Crippen MR) is 88.7 cm³/mol. The van der Waals surface area contributed by atoms with Crippen LogP contribution in [0.15, 0.2) is 35.0 Å². The van der Waals surface area contributed by atoms with E-state index >= 15 is 0 Å². The minimum absolute atomic E-state index is 0.916. The number of aromatic nitrogens is 1. The van der Waals surface area contributed by atoms with Crippen LogP contribution in [0.3, 0.4) is 0 Å². The summed E-state index contributed by atoms with van der Waals surface area (Å²) in [5.74, 6) is 0.916. The zero-order valence-electron chi connectivity index (χ0n) is 13.6. The van der Waals surface area contributed by atoms with Gasteiger partial charge < -0.3 is 9.42 Å². The highest BCUT2D eigenvalue weighted by atomic mass is 16.5. The summed E-state index contributed by atoms with van der Waals surface area (Å²) < 4.78 is 5.52. The second-order valence-electron chi connectivity index (χ2n) is 6.17. The number of piperazine rings is 1. The van der Waals surface area contributed by atoms with Gasteiger partial charge in [0.2, 0.25) is 0 Å². The second-order valence-corrected chi connectivity index (χ2v) is 6.17. The minimum atomic E-state index is 0.916. The van der Waals surface area contributed by atoms with Crippen LogP contribution in [0.2, 0.25) is 0 Å². The highest BCUT2D eigenvalue weighted by Gasteiger charge is 2.19. The average molecular weight is 299 g/mol. The van der Waals surface area contributed by atoms with Gasteiger partial charge in [0.15, 0.2) is 5.76 Å². The molecule has 22 heavy (non-hydrogen) atoms. The summed E-state index contributed by atoms with van der Waals surface area (Å²) >= 11 is 0. The zero-order chi connectivity index (χ0) is 15.4. The van der Waals surface area contributed by atoms with E-state index in [4.69, 9.17) is 4.52 Å². The first-order valence-corrected chi connectivity index (χ1v) is 8.21. The van der Waals surface area contributed by atoms with E-state index in [1.54, 1.807) is 0 Å². The van der Waals surface area contributed by atoms with Crippen molar-refractivity contribution in [1.29, 1.82) is 0 Å². The lowest BCUT2D eigenvalue weighted by molar-refractivity contribution is 0.127. The fourth-order valence-corrected chi connectivity index (χ4v) is 3.13. The van der Waals surface area contributed by atoms with Crippen molar-refractivity contribution in [3.8, 4) is 11.3 Å². The summed E-state index contributed by atoms with van der Waals surface area (Å²) in [4.78, 5) is 5.05. The van der Waals surface area contributed by atoms with Crippen LogP contribution in [-0.4, -0.2) is 47.7 Å². The Bertz CT molecular complexity index is 600. The highest BCUT2D eigenvalue weighted by Crippen LogP contribution is 2.25. The van der Waals surface area contributed by atoms with Crippen molar-refractivity contribution in [2.45, 2.75) is 26.8 Å². The SMILES string of the molecule is CCCN1CCN(Cc2cnoc2-c2cccc(C)c2)CC1. The first-order chi connectivity index (χ1) is 10.8. The maximum absolute atomic E-state index is 5.52. The van der Waals surface area contributed by atoms with Crippen LogP contribution in [0.5, 0.6) is 0 Å². The summed E-state index contributed by atoms with van der Waals surface area (Å²) in [6.07, 6.45) is 3.11. The van der Waals surface area contributed by atoms with E-state index in [9.17, 15) is 0 Å². The Morgan fingerprint density at radius 1 is 1.14 bits per heavy atom. The molecule has 1 aromatic heterocycles. The quantitative estimate of drug-likeness (QED) is 0.849. The van der Waals surface area contributed by atoms with Crippen LogP contribution in [0, 0.1) is 6.92 Å². The van der Waals surface area contributed by atoms with Gasteiger partial charge in [0.25, 0.3) is 0 Å². The van der Waals surface area contributed by atoms with Gasteiger partial charge in [-0.2, -0.15) is 0 Å². The number of hydrogen-bond acceptors (Lipinski definition) is 4. The van der Waals surface area contributed by atoms with Crippen molar-refractivity contribution in [2.75, 3.05) is 32.7 Å². The molecule has 1 aromatic carbocycles. The largest absolute Gasteiger partial charge is 0.356 e. The molecule has 0 amide bonds.